The fraction of sp³-hybridized carbons (Fsp3) is 0.308. The second kappa shape index (κ2) is 9.86. The molecular weight excluding hydrogens is 526 g/mol. The van der Waals surface area contributed by atoms with Crippen LogP contribution in [0.2, 0.25) is 5.02 Å². The number of aromatic nitrogens is 2. The number of halogens is 5. The van der Waals surface area contributed by atoms with Crippen molar-refractivity contribution in [3.63, 3.8) is 0 Å². The molecule has 7 nitrogen and oxygen atoms in total. The molecule has 12 heteroatoms. The van der Waals surface area contributed by atoms with Crippen molar-refractivity contribution in [2.24, 2.45) is 0 Å². The van der Waals surface area contributed by atoms with Gasteiger partial charge in [0.2, 0.25) is 0 Å². The van der Waals surface area contributed by atoms with Gasteiger partial charge in [0.25, 0.3) is 11.8 Å². The maximum Gasteiger partial charge on any atom is 0.405 e. The average Bonchev–Trinajstić information content (AvgIpc) is 3.76. The SMILES string of the molecule is Nc1cncc(C2CC2)c1-c1cc(Cl)c(C(=O)Nc2cnc(C(=O)NCC(F)(F)F)c(C3CC3)c2)cc1F. The van der Waals surface area contributed by atoms with Crippen molar-refractivity contribution in [2.75, 3.05) is 17.6 Å². The predicted octanol–water partition coefficient (Wildman–Crippen LogP) is 5.82. The van der Waals surface area contributed by atoms with Crippen LogP contribution >= 0.6 is 11.6 Å². The summed E-state index contributed by atoms with van der Waals surface area (Å²) in [6.45, 7) is -1.48. The van der Waals surface area contributed by atoms with E-state index in [1.807, 2.05) is 5.32 Å². The van der Waals surface area contributed by atoms with Gasteiger partial charge in [0.05, 0.1) is 34.4 Å². The van der Waals surface area contributed by atoms with Crippen LogP contribution in [0.4, 0.5) is 28.9 Å². The molecule has 0 spiro atoms. The van der Waals surface area contributed by atoms with Crippen LogP contribution in [0, 0.1) is 5.82 Å². The van der Waals surface area contributed by atoms with E-state index in [4.69, 9.17) is 17.3 Å². The second-order valence-corrected chi connectivity index (χ2v) is 9.87. The molecule has 0 unspecified atom stereocenters. The number of rotatable bonds is 7. The highest BCUT2D eigenvalue weighted by atomic mass is 35.5. The lowest BCUT2D eigenvalue weighted by Crippen LogP contribution is -2.34. The van der Waals surface area contributed by atoms with Gasteiger partial charge in [0.15, 0.2) is 0 Å². The van der Waals surface area contributed by atoms with Gasteiger partial charge in [0, 0.05) is 17.3 Å². The molecule has 0 saturated heterocycles. The number of carbonyl (C=O) groups is 2. The third-order valence-corrected chi connectivity index (χ3v) is 6.76. The van der Waals surface area contributed by atoms with Crippen LogP contribution in [-0.4, -0.2) is 34.5 Å². The van der Waals surface area contributed by atoms with Crippen LogP contribution in [0.1, 0.15) is 69.5 Å². The predicted molar refractivity (Wildman–Crippen MR) is 134 cm³/mol. The van der Waals surface area contributed by atoms with Gasteiger partial charge in [0.1, 0.15) is 18.1 Å². The molecule has 0 radical (unpaired) electrons. The number of anilines is 2. The fourth-order valence-corrected chi connectivity index (χ4v) is 4.58. The zero-order valence-corrected chi connectivity index (χ0v) is 20.6. The Morgan fingerprint density at radius 2 is 1.68 bits per heavy atom. The van der Waals surface area contributed by atoms with Gasteiger partial charge >= 0.3 is 6.18 Å². The normalized spacial score (nSPS) is 15.3. The summed E-state index contributed by atoms with van der Waals surface area (Å²) in [6, 6.07) is 3.87. The van der Waals surface area contributed by atoms with E-state index in [0.717, 1.165) is 43.5 Å². The minimum absolute atomic E-state index is 0.00427. The number of nitrogen functional groups attached to an aromatic ring is 1. The number of nitrogens with zero attached hydrogens (tertiary/aromatic N) is 2. The molecule has 0 bridgehead atoms. The Bertz CT molecular complexity index is 1440. The summed E-state index contributed by atoms with van der Waals surface area (Å²) in [7, 11) is 0. The van der Waals surface area contributed by atoms with E-state index in [-0.39, 0.29) is 39.4 Å². The highest BCUT2D eigenvalue weighted by Gasteiger charge is 2.33. The number of benzene rings is 1. The first-order valence-electron chi connectivity index (χ1n) is 11.9. The van der Waals surface area contributed by atoms with Gasteiger partial charge in [-0.1, -0.05) is 11.6 Å². The Labute approximate surface area is 219 Å². The minimum atomic E-state index is -4.56. The maximum absolute atomic E-state index is 15.3. The molecule has 3 aromatic rings. The third kappa shape index (κ3) is 5.57. The Balaban J connectivity index is 1.39. The number of hydrogen-bond donors (Lipinski definition) is 3. The molecule has 1 aromatic carbocycles. The standard InChI is InChI=1S/C26H22ClF4N5O2/c27-19-6-17(22-18(13-3-4-13)9-33-10-21(22)32)20(28)7-16(19)24(37)36-14-5-15(12-1-2-12)23(34-8-14)25(38)35-11-26(29,30)31/h5-10,12-13H,1-4,11,32H2,(H,35,38)(H,36,37). The maximum atomic E-state index is 15.3. The topological polar surface area (TPSA) is 110 Å². The highest BCUT2D eigenvalue weighted by Crippen LogP contribution is 2.47. The van der Waals surface area contributed by atoms with Crippen molar-refractivity contribution in [1.29, 1.82) is 0 Å². The molecule has 2 aliphatic carbocycles. The average molecular weight is 548 g/mol. The number of carbonyl (C=O) groups excluding carboxylic acids is 2. The molecular formula is C26H22ClF4N5O2. The number of nitrogens with two attached hydrogens (primary N) is 1. The Morgan fingerprint density at radius 1 is 1.00 bits per heavy atom. The van der Waals surface area contributed by atoms with E-state index in [9.17, 15) is 22.8 Å². The lowest BCUT2D eigenvalue weighted by Gasteiger charge is -2.15. The van der Waals surface area contributed by atoms with Gasteiger partial charge in [-0.05, 0) is 66.8 Å². The second-order valence-electron chi connectivity index (χ2n) is 9.47. The molecule has 0 aliphatic heterocycles. The van der Waals surface area contributed by atoms with E-state index in [1.54, 1.807) is 6.20 Å². The Kier molecular flexibility index (Phi) is 6.72. The van der Waals surface area contributed by atoms with E-state index >= 15 is 4.39 Å². The zero-order chi connectivity index (χ0) is 27.2. The van der Waals surface area contributed by atoms with E-state index < -0.39 is 30.4 Å². The molecule has 4 N–H and O–H groups in total. The molecule has 38 heavy (non-hydrogen) atoms. The summed E-state index contributed by atoms with van der Waals surface area (Å²) >= 11 is 6.40. The van der Waals surface area contributed by atoms with Crippen molar-refractivity contribution < 1.29 is 27.2 Å². The van der Waals surface area contributed by atoms with E-state index in [2.05, 4.69) is 15.3 Å². The van der Waals surface area contributed by atoms with Crippen LogP contribution in [0.25, 0.3) is 11.1 Å². The van der Waals surface area contributed by atoms with Crippen LogP contribution in [0.3, 0.4) is 0 Å². The summed E-state index contributed by atoms with van der Waals surface area (Å²) in [5.74, 6) is -2.17. The van der Waals surface area contributed by atoms with Crippen LogP contribution in [-0.2, 0) is 0 Å². The summed E-state index contributed by atoms with van der Waals surface area (Å²) < 4.78 is 52.8. The number of amides is 2. The van der Waals surface area contributed by atoms with Gasteiger partial charge in [-0.15, -0.1) is 0 Å². The van der Waals surface area contributed by atoms with Crippen LogP contribution in [0.15, 0.2) is 36.8 Å². The van der Waals surface area contributed by atoms with E-state index in [0.29, 0.717) is 16.8 Å². The summed E-state index contributed by atoms with van der Waals surface area (Å²) in [6.07, 6.45) is 3.07. The molecule has 2 fully saturated rings. The monoisotopic (exact) mass is 547 g/mol. The molecule has 2 aromatic heterocycles. The van der Waals surface area contributed by atoms with Crippen molar-refractivity contribution in [3.8, 4) is 11.1 Å². The van der Waals surface area contributed by atoms with Crippen LogP contribution in [0.5, 0.6) is 0 Å². The number of hydrogen-bond acceptors (Lipinski definition) is 5. The van der Waals surface area contributed by atoms with Crippen molar-refractivity contribution in [1.82, 2.24) is 15.3 Å². The summed E-state index contributed by atoms with van der Waals surface area (Å²) in [5, 5.41) is 4.39. The van der Waals surface area contributed by atoms with Crippen molar-refractivity contribution in [2.45, 2.75) is 43.7 Å². The summed E-state index contributed by atoms with van der Waals surface area (Å²) in [5.41, 5.74) is 8.27. The lowest BCUT2D eigenvalue weighted by molar-refractivity contribution is -0.123. The first-order chi connectivity index (χ1) is 18.0. The molecule has 5 rings (SSSR count). The molecule has 2 saturated carbocycles. The third-order valence-electron chi connectivity index (χ3n) is 6.45. The summed E-state index contributed by atoms with van der Waals surface area (Å²) in [4.78, 5) is 33.4. The van der Waals surface area contributed by atoms with Crippen molar-refractivity contribution >= 4 is 34.8 Å². The number of alkyl halides is 3. The molecule has 2 aliphatic rings. The molecule has 198 valence electrons. The number of nitrogens with one attached hydrogen (secondary N) is 2. The Hall–Kier alpha value is -3.73. The Morgan fingerprint density at radius 3 is 2.34 bits per heavy atom. The van der Waals surface area contributed by atoms with Gasteiger partial charge in [-0.25, -0.2) is 9.37 Å². The number of pyridine rings is 2. The van der Waals surface area contributed by atoms with Crippen molar-refractivity contribution in [3.05, 3.63) is 70.0 Å². The minimum Gasteiger partial charge on any atom is -0.397 e. The quantitative estimate of drug-likeness (QED) is 0.323. The smallest absolute Gasteiger partial charge is 0.397 e. The lowest BCUT2D eigenvalue weighted by atomic mass is 9.95. The van der Waals surface area contributed by atoms with Crippen LogP contribution < -0.4 is 16.4 Å². The van der Waals surface area contributed by atoms with Gasteiger partial charge in [-0.3, -0.25) is 14.6 Å². The first kappa shape index (κ1) is 25.9. The fourth-order valence-electron chi connectivity index (χ4n) is 4.33. The largest absolute Gasteiger partial charge is 0.405 e. The molecule has 2 heterocycles. The van der Waals surface area contributed by atoms with E-state index in [1.165, 1.54) is 18.3 Å². The van der Waals surface area contributed by atoms with Gasteiger partial charge < -0.3 is 16.4 Å². The molecule has 2 amide bonds. The first-order valence-corrected chi connectivity index (χ1v) is 12.3. The van der Waals surface area contributed by atoms with Gasteiger partial charge in [-0.2, -0.15) is 13.2 Å². The molecule has 0 atom stereocenters. The zero-order valence-electron chi connectivity index (χ0n) is 19.8. The highest BCUT2D eigenvalue weighted by molar-refractivity contribution is 6.34.